The first-order chi connectivity index (χ1) is 7.28. The van der Waals surface area contributed by atoms with Crippen LogP contribution in [-0.2, 0) is 4.74 Å². The van der Waals surface area contributed by atoms with E-state index in [1.807, 2.05) is 0 Å². The Bertz CT molecular complexity index is 399. The molecule has 0 atom stereocenters. The van der Waals surface area contributed by atoms with Crippen molar-refractivity contribution in [2.24, 2.45) is 0 Å². The summed E-state index contributed by atoms with van der Waals surface area (Å²) in [6.07, 6.45) is -0.606. The molecule has 0 fully saturated rings. The van der Waals surface area contributed by atoms with E-state index in [9.17, 15) is 9.18 Å². The van der Waals surface area contributed by atoms with Gasteiger partial charge in [-0.25, -0.2) is 14.2 Å². The van der Waals surface area contributed by atoms with Crippen molar-refractivity contribution in [1.29, 1.82) is 0 Å². The average molecular weight is 226 g/mol. The molecule has 1 aromatic rings. The topological polar surface area (TPSA) is 51.2 Å². The number of aromatic nitrogens is 1. The molecule has 5 heteroatoms. The predicted molar refractivity (Wildman–Crippen MR) is 58.8 cm³/mol. The van der Waals surface area contributed by atoms with Crippen LogP contribution >= 0.6 is 0 Å². The Kier molecular flexibility index (Phi) is 3.47. The van der Waals surface area contributed by atoms with Gasteiger partial charge in [0.15, 0.2) is 0 Å². The lowest BCUT2D eigenvalue weighted by Crippen LogP contribution is -2.27. The normalized spacial score (nSPS) is 11.1. The summed E-state index contributed by atoms with van der Waals surface area (Å²) < 4.78 is 17.9. The SMILES string of the molecule is Cc1nc(NC(=O)OC(C)(C)C)ccc1F. The summed E-state index contributed by atoms with van der Waals surface area (Å²) in [5, 5.41) is 2.43. The summed E-state index contributed by atoms with van der Waals surface area (Å²) in [6.45, 7) is 6.80. The molecule has 16 heavy (non-hydrogen) atoms. The summed E-state index contributed by atoms with van der Waals surface area (Å²) in [7, 11) is 0. The zero-order valence-electron chi connectivity index (χ0n) is 9.80. The van der Waals surface area contributed by atoms with Crippen molar-refractivity contribution in [1.82, 2.24) is 4.98 Å². The van der Waals surface area contributed by atoms with E-state index >= 15 is 0 Å². The van der Waals surface area contributed by atoms with Crippen LogP contribution in [0.4, 0.5) is 15.0 Å². The molecule has 1 rings (SSSR count). The van der Waals surface area contributed by atoms with Gasteiger partial charge < -0.3 is 4.74 Å². The molecule has 0 saturated carbocycles. The van der Waals surface area contributed by atoms with Crippen LogP contribution in [0.3, 0.4) is 0 Å². The second-order valence-electron chi connectivity index (χ2n) is 4.39. The van der Waals surface area contributed by atoms with E-state index in [0.717, 1.165) is 0 Å². The molecule has 0 unspecified atom stereocenters. The fraction of sp³-hybridized carbons (Fsp3) is 0.455. The maximum Gasteiger partial charge on any atom is 0.413 e. The van der Waals surface area contributed by atoms with E-state index in [2.05, 4.69) is 10.3 Å². The van der Waals surface area contributed by atoms with Gasteiger partial charge in [0.1, 0.15) is 17.2 Å². The zero-order chi connectivity index (χ0) is 12.3. The minimum absolute atomic E-state index is 0.230. The lowest BCUT2D eigenvalue weighted by atomic mass is 10.2. The lowest BCUT2D eigenvalue weighted by molar-refractivity contribution is 0.0635. The fourth-order valence-electron chi connectivity index (χ4n) is 1.02. The third kappa shape index (κ3) is 3.84. The highest BCUT2D eigenvalue weighted by atomic mass is 19.1. The number of rotatable bonds is 1. The van der Waals surface area contributed by atoms with Crippen molar-refractivity contribution in [3.63, 3.8) is 0 Å². The molecule has 1 heterocycles. The Morgan fingerprint density at radius 2 is 2.06 bits per heavy atom. The number of carbonyl (C=O) groups is 1. The van der Waals surface area contributed by atoms with Crippen molar-refractivity contribution < 1.29 is 13.9 Å². The molecule has 0 aliphatic carbocycles. The molecule has 0 aliphatic rings. The predicted octanol–water partition coefficient (Wildman–Crippen LogP) is 2.88. The van der Waals surface area contributed by atoms with Crippen LogP contribution in [0, 0.1) is 12.7 Å². The first-order valence-corrected chi connectivity index (χ1v) is 4.91. The Hall–Kier alpha value is -1.65. The van der Waals surface area contributed by atoms with Crippen LogP contribution in [0.5, 0.6) is 0 Å². The number of hydrogen-bond acceptors (Lipinski definition) is 3. The van der Waals surface area contributed by atoms with Crippen LogP contribution in [0.15, 0.2) is 12.1 Å². The molecule has 0 aromatic carbocycles. The number of pyridine rings is 1. The van der Waals surface area contributed by atoms with E-state index < -0.39 is 17.5 Å². The number of hydrogen-bond donors (Lipinski definition) is 1. The zero-order valence-corrected chi connectivity index (χ0v) is 9.80. The second kappa shape index (κ2) is 4.47. The summed E-state index contributed by atoms with van der Waals surface area (Å²) in [5.74, 6) is -0.136. The van der Waals surface area contributed by atoms with Crippen molar-refractivity contribution in [3.8, 4) is 0 Å². The van der Waals surface area contributed by atoms with Gasteiger partial charge >= 0.3 is 6.09 Å². The van der Waals surface area contributed by atoms with Gasteiger partial charge in [-0.1, -0.05) is 0 Å². The van der Waals surface area contributed by atoms with Crippen LogP contribution < -0.4 is 5.32 Å². The first-order valence-electron chi connectivity index (χ1n) is 4.91. The number of ether oxygens (including phenoxy) is 1. The van der Waals surface area contributed by atoms with E-state index in [4.69, 9.17) is 4.74 Å². The highest BCUT2D eigenvalue weighted by molar-refractivity contribution is 5.83. The minimum atomic E-state index is -0.606. The van der Waals surface area contributed by atoms with Gasteiger partial charge in [-0.15, -0.1) is 0 Å². The number of amides is 1. The number of anilines is 1. The van der Waals surface area contributed by atoms with Gasteiger partial charge in [-0.3, -0.25) is 5.32 Å². The molecular weight excluding hydrogens is 211 g/mol. The van der Waals surface area contributed by atoms with Crippen molar-refractivity contribution in [2.75, 3.05) is 5.32 Å². The lowest BCUT2D eigenvalue weighted by Gasteiger charge is -2.19. The summed E-state index contributed by atoms with van der Waals surface area (Å²) in [6, 6.07) is 2.63. The molecule has 1 N–H and O–H groups in total. The molecular formula is C11H15FN2O2. The second-order valence-corrected chi connectivity index (χ2v) is 4.39. The van der Waals surface area contributed by atoms with E-state index in [-0.39, 0.29) is 11.5 Å². The monoisotopic (exact) mass is 226 g/mol. The smallest absolute Gasteiger partial charge is 0.413 e. The Balaban J connectivity index is 2.67. The van der Waals surface area contributed by atoms with Crippen molar-refractivity contribution in [2.45, 2.75) is 33.3 Å². The molecule has 1 aromatic heterocycles. The maximum absolute atomic E-state index is 12.9. The Morgan fingerprint density at radius 1 is 1.44 bits per heavy atom. The van der Waals surface area contributed by atoms with E-state index in [1.54, 1.807) is 20.8 Å². The number of halogens is 1. The summed E-state index contributed by atoms with van der Waals surface area (Å²) in [5.41, 5.74) is -0.340. The molecule has 0 radical (unpaired) electrons. The molecule has 0 bridgehead atoms. The van der Waals surface area contributed by atoms with Crippen LogP contribution in [0.1, 0.15) is 26.5 Å². The molecule has 4 nitrogen and oxygen atoms in total. The van der Waals surface area contributed by atoms with Crippen molar-refractivity contribution in [3.05, 3.63) is 23.6 Å². The number of aryl methyl sites for hydroxylation is 1. The summed E-state index contributed by atoms with van der Waals surface area (Å²) >= 11 is 0. The van der Waals surface area contributed by atoms with Crippen molar-refractivity contribution >= 4 is 11.9 Å². The third-order valence-corrected chi connectivity index (χ3v) is 1.65. The van der Waals surface area contributed by atoms with Crippen LogP contribution in [0.2, 0.25) is 0 Å². The van der Waals surface area contributed by atoms with E-state index in [1.165, 1.54) is 19.1 Å². The Morgan fingerprint density at radius 3 is 2.56 bits per heavy atom. The van der Waals surface area contributed by atoms with Gasteiger partial charge in [-0.2, -0.15) is 0 Å². The minimum Gasteiger partial charge on any atom is -0.444 e. The number of nitrogens with one attached hydrogen (secondary N) is 1. The standard InChI is InChI=1S/C11H15FN2O2/c1-7-8(12)5-6-9(13-7)14-10(15)16-11(2,3)4/h5-6H,1-4H3,(H,13,14,15). The average Bonchev–Trinajstić information content (AvgIpc) is 2.08. The number of nitrogens with zero attached hydrogens (tertiary/aromatic N) is 1. The summed E-state index contributed by atoms with van der Waals surface area (Å²) in [4.78, 5) is 15.2. The van der Waals surface area contributed by atoms with Gasteiger partial charge in [0.2, 0.25) is 0 Å². The van der Waals surface area contributed by atoms with E-state index in [0.29, 0.717) is 0 Å². The Labute approximate surface area is 93.8 Å². The van der Waals surface area contributed by atoms with Crippen LogP contribution in [-0.4, -0.2) is 16.7 Å². The van der Waals surface area contributed by atoms with Gasteiger partial charge in [-0.05, 0) is 39.8 Å². The molecule has 0 saturated heterocycles. The van der Waals surface area contributed by atoms with Gasteiger partial charge in [0, 0.05) is 0 Å². The quantitative estimate of drug-likeness (QED) is 0.801. The first kappa shape index (κ1) is 12.4. The van der Waals surface area contributed by atoms with Crippen LogP contribution in [0.25, 0.3) is 0 Å². The van der Waals surface area contributed by atoms with Gasteiger partial charge in [0.25, 0.3) is 0 Å². The number of carbonyl (C=O) groups excluding carboxylic acids is 1. The highest BCUT2D eigenvalue weighted by Crippen LogP contribution is 2.11. The molecule has 88 valence electrons. The molecule has 0 spiro atoms. The maximum atomic E-state index is 12.9. The molecule has 0 aliphatic heterocycles. The largest absolute Gasteiger partial charge is 0.444 e. The highest BCUT2D eigenvalue weighted by Gasteiger charge is 2.16. The van der Waals surface area contributed by atoms with Gasteiger partial charge in [0.05, 0.1) is 5.69 Å². The fourth-order valence-corrected chi connectivity index (χ4v) is 1.02. The third-order valence-electron chi connectivity index (χ3n) is 1.65. The molecule has 1 amide bonds.